The van der Waals surface area contributed by atoms with Gasteiger partial charge in [-0.1, -0.05) is 43.7 Å². The molecule has 0 saturated carbocycles. The molecule has 0 aliphatic carbocycles. The van der Waals surface area contributed by atoms with E-state index >= 15 is 0 Å². The Balaban J connectivity index is 2.10. The molecule has 1 amide bonds. The first-order chi connectivity index (χ1) is 15.3. The second-order valence-corrected chi connectivity index (χ2v) is 7.73. The number of carbonyl (C=O) groups excluding carboxylic acids is 2. The number of hydrogen-bond donors (Lipinski definition) is 1. The summed E-state index contributed by atoms with van der Waals surface area (Å²) in [6, 6.07) is 11.9. The summed E-state index contributed by atoms with van der Waals surface area (Å²) >= 11 is 0. The van der Waals surface area contributed by atoms with Crippen molar-refractivity contribution in [3.8, 4) is 0 Å². The molecule has 1 atom stereocenters. The highest BCUT2D eigenvalue weighted by Gasteiger charge is 2.46. The predicted molar refractivity (Wildman–Crippen MR) is 121 cm³/mol. The summed E-state index contributed by atoms with van der Waals surface area (Å²) in [5.74, 6) is -1.70. The van der Waals surface area contributed by atoms with Crippen LogP contribution in [0, 0.1) is 17.0 Å². The number of aliphatic hydroxyl groups is 1. The zero-order valence-corrected chi connectivity index (χ0v) is 18.4. The maximum absolute atomic E-state index is 13.0. The van der Waals surface area contributed by atoms with Gasteiger partial charge < -0.3 is 14.9 Å². The number of nitro benzene ring substituents is 1. The highest BCUT2D eigenvalue weighted by Crippen LogP contribution is 2.39. The number of aryl methyl sites for hydroxylation is 1. The zero-order chi connectivity index (χ0) is 23.4. The van der Waals surface area contributed by atoms with E-state index in [4.69, 9.17) is 0 Å². The van der Waals surface area contributed by atoms with Crippen LogP contribution in [0.2, 0.25) is 0 Å². The van der Waals surface area contributed by atoms with E-state index in [-0.39, 0.29) is 17.0 Å². The van der Waals surface area contributed by atoms with Crippen molar-refractivity contribution in [2.24, 2.45) is 0 Å². The van der Waals surface area contributed by atoms with Gasteiger partial charge in [0.2, 0.25) is 0 Å². The third-order valence-corrected chi connectivity index (χ3v) is 5.84. The third-order valence-electron chi connectivity index (χ3n) is 5.84. The van der Waals surface area contributed by atoms with E-state index in [1.807, 2.05) is 32.9 Å². The summed E-state index contributed by atoms with van der Waals surface area (Å²) < 4.78 is 0. The van der Waals surface area contributed by atoms with Gasteiger partial charge in [0.25, 0.3) is 17.4 Å². The summed E-state index contributed by atoms with van der Waals surface area (Å²) in [6.45, 7) is 8.39. The first kappa shape index (κ1) is 23.1. The molecule has 1 heterocycles. The lowest BCUT2D eigenvalue weighted by atomic mass is 9.95. The fourth-order valence-electron chi connectivity index (χ4n) is 3.89. The number of carbonyl (C=O) groups is 2. The van der Waals surface area contributed by atoms with Crippen molar-refractivity contribution in [3.63, 3.8) is 0 Å². The lowest BCUT2D eigenvalue weighted by Gasteiger charge is -2.28. The topological polar surface area (TPSA) is 104 Å². The normalized spacial score (nSPS) is 17.9. The van der Waals surface area contributed by atoms with Crippen molar-refractivity contribution in [3.05, 3.63) is 80.9 Å². The number of likely N-dealkylation sites (tertiary alicyclic amines) is 1. The minimum Gasteiger partial charge on any atom is -0.507 e. The van der Waals surface area contributed by atoms with E-state index in [0.717, 1.165) is 18.7 Å². The number of hydrogen-bond acceptors (Lipinski definition) is 6. The average molecular weight is 437 g/mol. The molecule has 0 aromatic heterocycles. The van der Waals surface area contributed by atoms with Gasteiger partial charge >= 0.3 is 0 Å². The zero-order valence-electron chi connectivity index (χ0n) is 18.4. The van der Waals surface area contributed by atoms with Crippen LogP contribution in [0.15, 0.2) is 54.1 Å². The molecule has 0 radical (unpaired) electrons. The molecule has 2 aromatic rings. The number of likely N-dealkylation sites (N-methyl/N-ethyl adjacent to an activating group) is 1. The van der Waals surface area contributed by atoms with Crippen molar-refractivity contribution in [1.29, 1.82) is 0 Å². The molecule has 32 heavy (non-hydrogen) atoms. The Bertz CT molecular complexity index is 1040. The van der Waals surface area contributed by atoms with Gasteiger partial charge in [0.1, 0.15) is 5.76 Å². The molecule has 1 N–H and O–H groups in total. The second kappa shape index (κ2) is 9.74. The molecule has 2 aromatic carbocycles. The van der Waals surface area contributed by atoms with Gasteiger partial charge in [-0.3, -0.25) is 19.7 Å². The molecule has 8 nitrogen and oxygen atoms in total. The quantitative estimate of drug-likeness (QED) is 0.222. The molecule has 0 spiro atoms. The first-order valence-electron chi connectivity index (χ1n) is 10.6. The van der Waals surface area contributed by atoms with Crippen LogP contribution in [0.4, 0.5) is 5.69 Å². The van der Waals surface area contributed by atoms with Crippen LogP contribution in [0.3, 0.4) is 0 Å². The van der Waals surface area contributed by atoms with E-state index in [9.17, 15) is 24.8 Å². The fourth-order valence-corrected chi connectivity index (χ4v) is 3.89. The van der Waals surface area contributed by atoms with Gasteiger partial charge in [-0.25, -0.2) is 0 Å². The molecule has 0 bridgehead atoms. The lowest BCUT2D eigenvalue weighted by Crippen LogP contribution is -2.38. The van der Waals surface area contributed by atoms with Crippen LogP contribution >= 0.6 is 0 Å². The van der Waals surface area contributed by atoms with Crippen LogP contribution < -0.4 is 0 Å². The van der Waals surface area contributed by atoms with E-state index < -0.39 is 22.7 Å². The first-order valence-corrected chi connectivity index (χ1v) is 10.6. The van der Waals surface area contributed by atoms with Crippen molar-refractivity contribution >= 4 is 23.1 Å². The van der Waals surface area contributed by atoms with Crippen molar-refractivity contribution in [2.45, 2.75) is 26.8 Å². The lowest BCUT2D eigenvalue weighted by molar-refractivity contribution is -0.384. The molecule has 8 heteroatoms. The number of non-ortho nitro benzene ring substituents is 1. The minimum atomic E-state index is -0.826. The monoisotopic (exact) mass is 437 g/mol. The van der Waals surface area contributed by atoms with Crippen molar-refractivity contribution in [2.75, 3.05) is 26.2 Å². The molecule has 1 fully saturated rings. The number of ketones is 1. The molecule has 3 rings (SSSR count). The standard InChI is InChI=1S/C24H27N3O5/c1-4-25(5-2)14-15-26-21(17-10-12-19(13-11-17)27(31)32)20(23(29)24(26)30)22(28)18-8-6-16(3)7-9-18/h6-13,21,28H,4-5,14-15H2,1-3H3/b22-20-. The smallest absolute Gasteiger partial charge is 0.295 e. The van der Waals surface area contributed by atoms with Gasteiger partial charge in [0.15, 0.2) is 0 Å². The van der Waals surface area contributed by atoms with E-state index in [0.29, 0.717) is 24.2 Å². The highest BCUT2D eigenvalue weighted by molar-refractivity contribution is 6.46. The Kier molecular flexibility index (Phi) is 7.05. The molecular formula is C24H27N3O5. The number of nitro groups is 1. The van der Waals surface area contributed by atoms with Gasteiger partial charge in [0, 0.05) is 30.8 Å². The SMILES string of the molecule is CCN(CC)CCN1C(=O)C(=O)/C(=C(\O)c2ccc(C)cc2)C1c1ccc([N+](=O)[O-])cc1. The number of aliphatic hydroxyl groups excluding tert-OH is 1. The molecular weight excluding hydrogens is 410 g/mol. The van der Waals surface area contributed by atoms with Crippen LogP contribution in [-0.4, -0.2) is 57.7 Å². The minimum absolute atomic E-state index is 0.00717. The second-order valence-electron chi connectivity index (χ2n) is 7.73. The molecule has 1 unspecified atom stereocenters. The van der Waals surface area contributed by atoms with Crippen LogP contribution in [0.5, 0.6) is 0 Å². The Morgan fingerprint density at radius 2 is 1.66 bits per heavy atom. The van der Waals surface area contributed by atoms with Gasteiger partial charge in [-0.2, -0.15) is 0 Å². The van der Waals surface area contributed by atoms with Crippen molar-refractivity contribution < 1.29 is 19.6 Å². The number of Topliss-reactive ketones (excluding diaryl/α,β-unsaturated/α-hetero) is 1. The molecule has 1 saturated heterocycles. The fraction of sp³-hybridized carbons (Fsp3) is 0.333. The summed E-state index contributed by atoms with van der Waals surface area (Å²) in [5.41, 5.74) is 1.86. The number of nitrogens with zero attached hydrogens (tertiary/aromatic N) is 3. The Morgan fingerprint density at radius 3 is 2.19 bits per heavy atom. The highest BCUT2D eigenvalue weighted by atomic mass is 16.6. The number of rotatable bonds is 8. The molecule has 168 valence electrons. The Labute approximate surface area is 186 Å². The summed E-state index contributed by atoms with van der Waals surface area (Å²) in [7, 11) is 0. The van der Waals surface area contributed by atoms with Crippen LogP contribution in [0.1, 0.15) is 36.6 Å². The van der Waals surface area contributed by atoms with E-state index in [1.54, 1.807) is 12.1 Å². The van der Waals surface area contributed by atoms with E-state index in [1.165, 1.54) is 29.2 Å². The van der Waals surface area contributed by atoms with Crippen LogP contribution in [-0.2, 0) is 9.59 Å². The number of benzene rings is 2. The summed E-state index contributed by atoms with van der Waals surface area (Å²) in [6.07, 6.45) is 0. The third kappa shape index (κ3) is 4.55. The Morgan fingerprint density at radius 1 is 1.06 bits per heavy atom. The van der Waals surface area contributed by atoms with Crippen LogP contribution in [0.25, 0.3) is 5.76 Å². The molecule has 1 aliphatic rings. The summed E-state index contributed by atoms with van der Waals surface area (Å²) in [5, 5.41) is 22.1. The van der Waals surface area contributed by atoms with Gasteiger partial charge in [-0.15, -0.1) is 0 Å². The summed E-state index contributed by atoms with van der Waals surface area (Å²) in [4.78, 5) is 40.1. The van der Waals surface area contributed by atoms with Crippen molar-refractivity contribution in [1.82, 2.24) is 9.80 Å². The Hall–Kier alpha value is -3.52. The predicted octanol–water partition coefficient (Wildman–Crippen LogP) is 3.67. The molecule has 1 aliphatic heterocycles. The van der Waals surface area contributed by atoms with E-state index in [2.05, 4.69) is 4.90 Å². The van der Waals surface area contributed by atoms with Gasteiger partial charge in [0.05, 0.1) is 16.5 Å². The number of amides is 1. The van der Waals surface area contributed by atoms with Gasteiger partial charge in [-0.05, 0) is 37.7 Å². The maximum Gasteiger partial charge on any atom is 0.295 e. The largest absolute Gasteiger partial charge is 0.507 e. The average Bonchev–Trinajstić information content (AvgIpc) is 3.04. The maximum atomic E-state index is 13.0.